The fraction of sp³-hybridized carbons (Fsp3) is 0.417. The van der Waals surface area contributed by atoms with Gasteiger partial charge >= 0.3 is 6.18 Å². The lowest BCUT2D eigenvalue weighted by Crippen LogP contribution is -2.41. The predicted molar refractivity (Wildman–Crippen MR) is 70.8 cm³/mol. The zero-order valence-corrected chi connectivity index (χ0v) is 12.0. The number of anilines is 1. The van der Waals surface area contributed by atoms with E-state index >= 15 is 0 Å². The van der Waals surface area contributed by atoms with Crippen molar-refractivity contribution in [2.24, 2.45) is 0 Å². The lowest BCUT2D eigenvalue weighted by molar-refractivity contribution is -0.137. The van der Waals surface area contributed by atoms with Crippen LogP contribution in [0, 0.1) is 0 Å². The van der Waals surface area contributed by atoms with Crippen LogP contribution in [-0.2, 0) is 11.0 Å². The van der Waals surface area contributed by atoms with Crippen molar-refractivity contribution in [3.63, 3.8) is 0 Å². The molecule has 104 valence electrons. The van der Waals surface area contributed by atoms with Crippen molar-refractivity contribution in [2.75, 3.05) is 11.4 Å². The first kappa shape index (κ1) is 14.7. The molecular weight excluding hydrogens is 346 g/mol. The molecule has 1 amide bonds. The summed E-state index contributed by atoms with van der Waals surface area (Å²) in [6.45, 7) is 0.401. The average molecular weight is 357 g/mol. The van der Waals surface area contributed by atoms with E-state index < -0.39 is 11.7 Å². The predicted octanol–water partition coefficient (Wildman–Crippen LogP) is 4.25. The van der Waals surface area contributed by atoms with Crippen molar-refractivity contribution in [3.8, 4) is 0 Å². The highest BCUT2D eigenvalue weighted by atomic mass is 79.9. The number of nitrogens with zero attached hydrogens (tertiary/aromatic N) is 1. The van der Waals surface area contributed by atoms with E-state index in [0.717, 1.165) is 18.6 Å². The summed E-state index contributed by atoms with van der Waals surface area (Å²) >= 11 is 8.93. The summed E-state index contributed by atoms with van der Waals surface area (Å²) in [6, 6.07) is 3.18. The van der Waals surface area contributed by atoms with Gasteiger partial charge in [0.15, 0.2) is 0 Å². The number of rotatable bonds is 1. The number of piperidine rings is 1. The Morgan fingerprint density at radius 3 is 2.63 bits per heavy atom. The molecule has 0 bridgehead atoms. The van der Waals surface area contributed by atoms with E-state index in [0.29, 0.717) is 13.0 Å². The lowest BCUT2D eigenvalue weighted by Gasteiger charge is -2.30. The van der Waals surface area contributed by atoms with Crippen molar-refractivity contribution in [2.45, 2.75) is 23.8 Å². The normalized spacial score (nSPS) is 20.8. The number of amides is 1. The zero-order chi connectivity index (χ0) is 14.2. The maximum atomic E-state index is 12.7. The van der Waals surface area contributed by atoms with Crippen LogP contribution < -0.4 is 4.90 Å². The molecule has 1 saturated heterocycles. The average Bonchev–Trinajstić information content (AvgIpc) is 2.31. The van der Waals surface area contributed by atoms with E-state index in [-0.39, 0.29) is 21.4 Å². The highest BCUT2D eigenvalue weighted by molar-refractivity contribution is 9.10. The molecule has 19 heavy (non-hydrogen) atoms. The highest BCUT2D eigenvalue weighted by Gasteiger charge is 2.33. The Bertz CT molecular complexity index is 506. The summed E-state index contributed by atoms with van der Waals surface area (Å²) in [4.78, 5) is 12.9. The Hall–Kier alpha value is -0.750. The Labute approximate surface area is 121 Å². The summed E-state index contributed by atoms with van der Waals surface area (Å²) in [5, 5.41) is -0.0330. The fourth-order valence-corrected chi connectivity index (χ4v) is 2.78. The minimum absolute atomic E-state index is 0.0330. The number of alkyl halides is 4. The Balaban J connectivity index is 2.39. The van der Waals surface area contributed by atoms with Crippen LogP contribution in [0.25, 0.3) is 0 Å². The topological polar surface area (TPSA) is 20.3 Å². The first-order valence-electron chi connectivity index (χ1n) is 5.62. The van der Waals surface area contributed by atoms with Gasteiger partial charge in [0.05, 0.1) is 10.4 Å². The van der Waals surface area contributed by atoms with Crippen LogP contribution in [0.5, 0.6) is 0 Å². The smallest absolute Gasteiger partial charge is 0.311 e. The Morgan fingerprint density at radius 2 is 2.00 bits per heavy atom. The van der Waals surface area contributed by atoms with Crippen molar-refractivity contribution < 1.29 is 18.0 Å². The van der Waals surface area contributed by atoms with Crippen molar-refractivity contribution in [1.29, 1.82) is 0 Å². The second kappa shape index (κ2) is 5.32. The molecule has 1 aromatic carbocycles. The molecule has 0 aromatic heterocycles. The Kier molecular flexibility index (Phi) is 4.11. The molecule has 7 heteroatoms. The highest BCUT2D eigenvalue weighted by Crippen LogP contribution is 2.35. The van der Waals surface area contributed by atoms with Crippen molar-refractivity contribution in [1.82, 2.24) is 0 Å². The molecule has 0 radical (unpaired) electrons. The van der Waals surface area contributed by atoms with Crippen molar-refractivity contribution in [3.05, 3.63) is 28.8 Å². The van der Waals surface area contributed by atoms with E-state index in [9.17, 15) is 18.0 Å². The van der Waals surface area contributed by atoms with Gasteiger partial charge < -0.3 is 4.90 Å². The Morgan fingerprint density at radius 1 is 1.32 bits per heavy atom. The van der Waals surface area contributed by atoms with Gasteiger partial charge in [0.2, 0.25) is 5.91 Å². The number of carbonyl (C=O) groups excluding carboxylic acids is 1. The minimum Gasteiger partial charge on any atom is -0.311 e. The third kappa shape index (κ3) is 3.23. The minimum atomic E-state index is -4.48. The van der Waals surface area contributed by atoms with Crippen molar-refractivity contribution >= 4 is 39.1 Å². The molecule has 1 aromatic rings. The van der Waals surface area contributed by atoms with Gasteiger partial charge in [-0.05, 0) is 31.0 Å². The molecule has 1 aliphatic heterocycles. The zero-order valence-electron chi connectivity index (χ0n) is 9.68. The van der Waals surface area contributed by atoms with Gasteiger partial charge in [-0.15, -0.1) is 0 Å². The summed E-state index contributed by atoms with van der Waals surface area (Å²) < 4.78 is 38.2. The third-order valence-corrected chi connectivity index (χ3v) is 3.96. The van der Waals surface area contributed by atoms with Crippen LogP contribution in [0.2, 0.25) is 5.02 Å². The lowest BCUT2D eigenvalue weighted by atomic mass is 10.1. The SMILES string of the molecule is O=C1C(Br)CCCN1c1cc(Cl)cc(C(F)(F)F)c1. The van der Waals surface area contributed by atoms with Crippen LogP contribution in [0.15, 0.2) is 18.2 Å². The van der Waals surface area contributed by atoms with E-state index in [2.05, 4.69) is 15.9 Å². The van der Waals surface area contributed by atoms with Crippen LogP contribution in [-0.4, -0.2) is 17.3 Å². The summed E-state index contributed by atoms with van der Waals surface area (Å²) in [5.41, 5.74) is -0.659. The first-order chi connectivity index (χ1) is 8.79. The number of hydrogen-bond donors (Lipinski definition) is 0. The van der Waals surface area contributed by atoms with Crippen LogP contribution in [0.3, 0.4) is 0 Å². The largest absolute Gasteiger partial charge is 0.416 e. The van der Waals surface area contributed by atoms with Gasteiger partial charge in [0.1, 0.15) is 0 Å². The number of benzene rings is 1. The monoisotopic (exact) mass is 355 g/mol. The molecule has 0 aliphatic carbocycles. The van der Waals surface area contributed by atoms with Crippen LogP contribution in [0.1, 0.15) is 18.4 Å². The van der Waals surface area contributed by atoms with Gasteiger partial charge in [-0.2, -0.15) is 13.2 Å². The third-order valence-electron chi connectivity index (χ3n) is 2.89. The van der Waals surface area contributed by atoms with Gasteiger partial charge in [-0.3, -0.25) is 4.79 Å². The number of carbonyl (C=O) groups is 1. The summed E-state index contributed by atoms with van der Waals surface area (Å²) in [5.74, 6) is -0.235. The van der Waals surface area contributed by atoms with Gasteiger partial charge in [-0.1, -0.05) is 27.5 Å². The molecule has 0 spiro atoms. The quantitative estimate of drug-likeness (QED) is 0.689. The number of halogens is 5. The van der Waals surface area contributed by atoms with Gasteiger partial charge in [0, 0.05) is 17.3 Å². The number of hydrogen-bond acceptors (Lipinski definition) is 1. The second-order valence-electron chi connectivity index (χ2n) is 4.30. The molecule has 1 fully saturated rings. The van der Waals surface area contributed by atoms with Gasteiger partial charge in [-0.25, -0.2) is 0 Å². The maximum Gasteiger partial charge on any atom is 0.416 e. The molecule has 1 heterocycles. The summed E-state index contributed by atoms with van der Waals surface area (Å²) in [6.07, 6.45) is -3.07. The molecule has 2 rings (SSSR count). The van der Waals surface area contributed by atoms with E-state index in [1.807, 2.05) is 0 Å². The fourth-order valence-electron chi connectivity index (χ4n) is 1.98. The molecule has 1 unspecified atom stereocenters. The first-order valence-corrected chi connectivity index (χ1v) is 6.91. The molecule has 0 N–H and O–H groups in total. The summed E-state index contributed by atoms with van der Waals surface area (Å²) in [7, 11) is 0. The molecular formula is C12H10BrClF3NO. The van der Waals surface area contributed by atoms with Gasteiger partial charge in [0.25, 0.3) is 0 Å². The molecule has 1 aliphatic rings. The van der Waals surface area contributed by atoms with E-state index in [1.54, 1.807) is 0 Å². The van der Waals surface area contributed by atoms with E-state index in [1.165, 1.54) is 11.0 Å². The second-order valence-corrected chi connectivity index (χ2v) is 5.84. The molecule has 1 atom stereocenters. The molecule has 2 nitrogen and oxygen atoms in total. The molecule has 0 saturated carbocycles. The standard InChI is InChI=1S/C12H10BrClF3NO/c13-10-2-1-3-18(11(10)19)9-5-7(12(15,16)17)4-8(14)6-9/h4-6,10H,1-3H2. The van der Waals surface area contributed by atoms with Crippen LogP contribution in [0.4, 0.5) is 18.9 Å². The van der Waals surface area contributed by atoms with Crippen LogP contribution >= 0.6 is 27.5 Å². The maximum absolute atomic E-state index is 12.7. The van der Waals surface area contributed by atoms with E-state index in [4.69, 9.17) is 11.6 Å².